The lowest BCUT2D eigenvalue weighted by Gasteiger charge is -2.24. The quantitative estimate of drug-likeness (QED) is 0.718. The van der Waals surface area contributed by atoms with E-state index in [-0.39, 0.29) is 5.91 Å². The summed E-state index contributed by atoms with van der Waals surface area (Å²) in [6.07, 6.45) is 1.61. The van der Waals surface area contributed by atoms with Crippen LogP contribution in [0.15, 0.2) is 47.1 Å². The summed E-state index contributed by atoms with van der Waals surface area (Å²) < 4.78 is 6.73. The fraction of sp³-hybridized carbons (Fsp3) is 0.368. The van der Waals surface area contributed by atoms with E-state index in [2.05, 4.69) is 51.9 Å². The standard InChI is InChI=1S/C19H24BrN3O2/c1-4-23(14(2)3)13-12-21-18(24)17-6-5-11-22-19(17)25-16-9-7-15(20)8-10-16/h5-11,14H,4,12-13H2,1-3H3,(H,21,24). The van der Waals surface area contributed by atoms with E-state index in [1.807, 2.05) is 24.3 Å². The van der Waals surface area contributed by atoms with Crippen LogP contribution in [0, 0.1) is 0 Å². The third-order valence-electron chi connectivity index (χ3n) is 3.86. The Bertz CT molecular complexity index is 689. The van der Waals surface area contributed by atoms with Crippen LogP contribution < -0.4 is 10.1 Å². The lowest BCUT2D eigenvalue weighted by Crippen LogP contribution is -2.38. The van der Waals surface area contributed by atoms with Crippen molar-refractivity contribution in [3.8, 4) is 11.6 Å². The molecule has 0 aliphatic rings. The first-order chi connectivity index (χ1) is 12.0. The molecule has 6 heteroatoms. The highest BCUT2D eigenvalue weighted by Crippen LogP contribution is 2.24. The molecule has 2 rings (SSSR count). The smallest absolute Gasteiger partial charge is 0.256 e. The average molecular weight is 406 g/mol. The van der Waals surface area contributed by atoms with Gasteiger partial charge in [0.05, 0.1) is 0 Å². The third-order valence-corrected chi connectivity index (χ3v) is 4.39. The predicted molar refractivity (Wildman–Crippen MR) is 103 cm³/mol. The number of ether oxygens (including phenoxy) is 1. The highest BCUT2D eigenvalue weighted by atomic mass is 79.9. The van der Waals surface area contributed by atoms with Crippen molar-refractivity contribution in [3.05, 3.63) is 52.6 Å². The SMILES string of the molecule is CCN(CCNC(=O)c1cccnc1Oc1ccc(Br)cc1)C(C)C. The molecular weight excluding hydrogens is 382 g/mol. The zero-order valence-corrected chi connectivity index (χ0v) is 16.4. The molecule has 1 aromatic heterocycles. The normalized spacial score (nSPS) is 11.0. The summed E-state index contributed by atoms with van der Waals surface area (Å²) in [5.41, 5.74) is 0.429. The molecule has 0 bridgehead atoms. The van der Waals surface area contributed by atoms with Crippen LogP contribution in [0.5, 0.6) is 11.6 Å². The molecule has 0 fully saturated rings. The molecule has 1 N–H and O–H groups in total. The van der Waals surface area contributed by atoms with Gasteiger partial charge in [-0.15, -0.1) is 0 Å². The fourth-order valence-electron chi connectivity index (χ4n) is 2.45. The zero-order chi connectivity index (χ0) is 18.2. The van der Waals surface area contributed by atoms with Crippen molar-refractivity contribution >= 4 is 21.8 Å². The Hall–Kier alpha value is -1.92. The maximum Gasteiger partial charge on any atom is 0.256 e. The topological polar surface area (TPSA) is 54.5 Å². The van der Waals surface area contributed by atoms with E-state index in [0.29, 0.717) is 29.8 Å². The molecular formula is C19H24BrN3O2. The highest BCUT2D eigenvalue weighted by molar-refractivity contribution is 9.10. The number of rotatable bonds is 8. The van der Waals surface area contributed by atoms with Gasteiger partial charge in [0, 0.05) is 29.8 Å². The Morgan fingerprint density at radius 1 is 1.28 bits per heavy atom. The van der Waals surface area contributed by atoms with Crippen molar-refractivity contribution in [1.29, 1.82) is 0 Å². The Morgan fingerprint density at radius 3 is 2.64 bits per heavy atom. The predicted octanol–water partition coefficient (Wildman–Crippen LogP) is 4.10. The third kappa shape index (κ3) is 5.83. The summed E-state index contributed by atoms with van der Waals surface area (Å²) in [7, 11) is 0. The summed E-state index contributed by atoms with van der Waals surface area (Å²) in [6, 6.07) is 11.3. The van der Waals surface area contributed by atoms with Gasteiger partial charge in [0.2, 0.25) is 5.88 Å². The van der Waals surface area contributed by atoms with Gasteiger partial charge < -0.3 is 10.1 Å². The first kappa shape index (κ1) is 19.4. The van der Waals surface area contributed by atoms with Crippen LogP contribution in [-0.4, -0.2) is 41.5 Å². The number of pyridine rings is 1. The molecule has 1 heterocycles. The van der Waals surface area contributed by atoms with E-state index in [1.54, 1.807) is 18.3 Å². The van der Waals surface area contributed by atoms with Crippen molar-refractivity contribution in [2.24, 2.45) is 0 Å². The van der Waals surface area contributed by atoms with Crippen molar-refractivity contribution in [2.45, 2.75) is 26.8 Å². The highest BCUT2D eigenvalue weighted by Gasteiger charge is 2.15. The van der Waals surface area contributed by atoms with Gasteiger partial charge >= 0.3 is 0 Å². The van der Waals surface area contributed by atoms with Gasteiger partial charge in [-0.25, -0.2) is 4.98 Å². The number of nitrogens with zero attached hydrogens (tertiary/aromatic N) is 2. The number of carbonyl (C=O) groups excluding carboxylic acids is 1. The number of amides is 1. The van der Waals surface area contributed by atoms with Crippen LogP contribution in [0.1, 0.15) is 31.1 Å². The minimum atomic E-state index is -0.181. The van der Waals surface area contributed by atoms with Crippen LogP contribution in [0.25, 0.3) is 0 Å². The van der Waals surface area contributed by atoms with Crippen LogP contribution in [0.2, 0.25) is 0 Å². The van der Waals surface area contributed by atoms with E-state index < -0.39 is 0 Å². The molecule has 25 heavy (non-hydrogen) atoms. The molecule has 0 atom stereocenters. The van der Waals surface area contributed by atoms with Gasteiger partial charge in [-0.1, -0.05) is 22.9 Å². The Kier molecular flexibility index (Phi) is 7.40. The summed E-state index contributed by atoms with van der Waals surface area (Å²) >= 11 is 3.39. The molecule has 0 unspecified atom stereocenters. The molecule has 1 amide bonds. The zero-order valence-electron chi connectivity index (χ0n) is 14.8. The van der Waals surface area contributed by atoms with E-state index in [4.69, 9.17) is 4.74 Å². The Morgan fingerprint density at radius 2 is 2.00 bits per heavy atom. The Labute approximate surface area is 157 Å². The van der Waals surface area contributed by atoms with Crippen LogP contribution in [0.4, 0.5) is 0 Å². The van der Waals surface area contributed by atoms with E-state index in [0.717, 1.165) is 17.6 Å². The molecule has 0 radical (unpaired) electrons. The van der Waals surface area contributed by atoms with Gasteiger partial charge in [-0.2, -0.15) is 0 Å². The summed E-state index contributed by atoms with van der Waals surface area (Å²) in [6.45, 7) is 8.76. The molecule has 1 aromatic carbocycles. The van der Waals surface area contributed by atoms with Gasteiger partial charge in [0.15, 0.2) is 0 Å². The monoisotopic (exact) mass is 405 g/mol. The minimum absolute atomic E-state index is 0.181. The lowest BCUT2D eigenvalue weighted by atomic mass is 10.2. The first-order valence-electron chi connectivity index (χ1n) is 8.42. The van der Waals surface area contributed by atoms with Crippen molar-refractivity contribution in [3.63, 3.8) is 0 Å². The second-order valence-electron chi connectivity index (χ2n) is 5.89. The first-order valence-corrected chi connectivity index (χ1v) is 9.21. The van der Waals surface area contributed by atoms with Crippen molar-refractivity contribution in [1.82, 2.24) is 15.2 Å². The molecule has 2 aromatic rings. The van der Waals surface area contributed by atoms with Crippen LogP contribution in [-0.2, 0) is 0 Å². The summed E-state index contributed by atoms with van der Waals surface area (Å²) in [4.78, 5) is 19.0. The van der Waals surface area contributed by atoms with Gasteiger partial charge in [-0.05, 0) is 56.8 Å². The molecule has 0 saturated heterocycles. The van der Waals surface area contributed by atoms with Gasteiger partial charge in [0.25, 0.3) is 5.91 Å². The average Bonchev–Trinajstić information content (AvgIpc) is 2.60. The molecule has 5 nitrogen and oxygen atoms in total. The molecule has 0 aliphatic heterocycles. The Balaban J connectivity index is 2.01. The van der Waals surface area contributed by atoms with Gasteiger partial charge in [0.1, 0.15) is 11.3 Å². The molecule has 0 spiro atoms. The number of carbonyl (C=O) groups is 1. The van der Waals surface area contributed by atoms with Crippen LogP contribution >= 0.6 is 15.9 Å². The summed E-state index contributed by atoms with van der Waals surface area (Å²) in [5.74, 6) is 0.756. The number of hydrogen-bond acceptors (Lipinski definition) is 4. The second-order valence-corrected chi connectivity index (χ2v) is 6.81. The maximum absolute atomic E-state index is 12.5. The van der Waals surface area contributed by atoms with E-state index in [1.165, 1.54) is 0 Å². The lowest BCUT2D eigenvalue weighted by molar-refractivity contribution is 0.0943. The van der Waals surface area contributed by atoms with Crippen molar-refractivity contribution < 1.29 is 9.53 Å². The van der Waals surface area contributed by atoms with Gasteiger partial charge in [-0.3, -0.25) is 9.69 Å². The van der Waals surface area contributed by atoms with E-state index in [9.17, 15) is 4.79 Å². The molecule has 0 saturated carbocycles. The largest absolute Gasteiger partial charge is 0.438 e. The number of nitrogens with one attached hydrogen (secondary N) is 1. The number of aromatic nitrogens is 1. The number of likely N-dealkylation sites (N-methyl/N-ethyl adjacent to an activating group) is 1. The number of hydrogen-bond donors (Lipinski definition) is 1. The van der Waals surface area contributed by atoms with E-state index >= 15 is 0 Å². The second kappa shape index (κ2) is 9.53. The minimum Gasteiger partial charge on any atom is -0.438 e. The molecule has 134 valence electrons. The van der Waals surface area contributed by atoms with Crippen LogP contribution in [0.3, 0.4) is 0 Å². The number of benzene rings is 1. The molecule has 0 aliphatic carbocycles. The fourth-order valence-corrected chi connectivity index (χ4v) is 2.71. The summed E-state index contributed by atoms with van der Waals surface area (Å²) in [5, 5.41) is 2.95. The van der Waals surface area contributed by atoms with Crippen molar-refractivity contribution in [2.75, 3.05) is 19.6 Å². The maximum atomic E-state index is 12.5. The number of halogens is 1.